The molecular weight excluding hydrogens is 457 g/mol. The van der Waals surface area contributed by atoms with Crippen LogP contribution in [-0.2, 0) is 4.79 Å². The van der Waals surface area contributed by atoms with E-state index in [1.807, 2.05) is 18.0 Å². The molecule has 0 spiro atoms. The number of hydrogen-bond donors (Lipinski definition) is 1. The van der Waals surface area contributed by atoms with Crippen molar-refractivity contribution in [2.75, 3.05) is 33.2 Å². The van der Waals surface area contributed by atoms with E-state index in [2.05, 4.69) is 10.2 Å². The number of carbonyl (C=O) groups excluding carboxylic acids is 2. The summed E-state index contributed by atoms with van der Waals surface area (Å²) >= 11 is 6.17. The third-order valence-electron chi connectivity index (χ3n) is 6.52. The number of furan rings is 1. The summed E-state index contributed by atoms with van der Waals surface area (Å²) in [5.41, 5.74) is 1.99. The molecule has 8 heteroatoms. The zero-order chi connectivity index (χ0) is 23.8. The van der Waals surface area contributed by atoms with Crippen LogP contribution < -0.4 is 5.32 Å². The van der Waals surface area contributed by atoms with Crippen molar-refractivity contribution in [3.8, 4) is 11.3 Å². The van der Waals surface area contributed by atoms with Gasteiger partial charge in [-0.2, -0.15) is 0 Å². The highest BCUT2D eigenvalue weighted by Gasteiger charge is 2.34. The van der Waals surface area contributed by atoms with E-state index < -0.39 is 5.82 Å². The molecule has 2 aliphatic heterocycles. The number of benzene rings is 1. The van der Waals surface area contributed by atoms with E-state index in [9.17, 15) is 14.0 Å². The van der Waals surface area contributed by atoms with E-state index in [4.69, 9.17) is 16.0 Å². The van der Waals surface area contributed by atoms with E-state index in [1.165, 1.54) is 18.2 Å². The minimum Gasteiger partial charge on any atom is -0.457 e. The normalized spacial score (nSPS) is 22.2. The fraction of sp³-hybridized carbons (Fsp3) is 0.308. The standard InChI is InChI=1S/C26H25ClFN3O3/c1-30-9-2-10-31(12-11-30)26(33)16-3-6-22(28)21(13-16)24-8-5-18(34-24)15-20-19-14-17(27)4-7-23(19)29-25(20)32/h3-8,13,15,19H,2,9-12,14H2,1H3,(H,29,32). The molecule has 6 nitrogen and oxygen atoms in total. The van der Waals surface area contributed by atoms with Crippen LogP contribution in [0, 0.1) is 11.7 Å². The average molecular weight is 482 g/mol. The van der Waals surface area contributed by atoms with Gasteiger partial charge in [0.2, 0.25) is 0 Å². The fourth-order valence-electron chi connectivity index (χ4n) is 4.61. The average Bonchev–Trinajstić information content (AvgIpc) is 3.33. The van der Waals surface area contributed by atoms with Crippen LogP contribution in [-0.4, -0.2) is 54.8 Å². The second-order valence-corrected chi connectivity index (χ2v) is 9.38. The Morgan fingerprint density at radius 2 is 2.03 bits per heavy atom. The Bertz CT molecular complexity index is 1250. The van der Waals surface area contributed by atoms with E-state index in [0.717, 1.165) is 25.2 Å². The summed E-state index contributed by atoms with van der Waals surface area (Å²) in [6.45, 7) is 3.07. The van der Waals surface area contributed by atoms with Gasteiger partial charge in [0.05, 0.1) is 5.56 Å². The van der Waals surface area contributed by atoms with Crippen LogP contribution in [0.1, 0.15) is 29.0 Å². The summed E-state index contributed by atoms with van der Waals surface area (Å²) in [7, 11) is 2.04. The molecule has 2 amide bonds. The maximum absolute atomic E-state index is 14.7. The number of allylic oxidation sites excluding steroid dienone is 4. The van der Waals surface area contributed by atoms with Crippen LogP contribution in [0.2, 0.25) is 0 Å². The van der Waals surface area contributed by atoms with Crippen LogP contribution in [0.25, 0.3) is 17.4 Å². The maximum Gasteiger partial charge on any atom is 0.253 e. The van der Waals surface area contributed by atoms with Crippen LogP contribution in [0.3, 0.4) is 0 Å². The SMILES string of the molecule is CN1CCCN(C(=O)c2ccc(F)c(-c3ccc(C=C4C(=O)NC5=CC=C(Cl)CC54)o3)c2)CC1. The van der Waals surface area contributed by atoms with Crippen molar-refractivity contribution in [2.24, 2.45) is 5.92 Å². The Morgan fingerprint density at radius 3 is 2.88 bits per heavy atom. The topological polar surface area (TPSA) is 65.8 Å². The van der Waals surface area contributed by atoms with Crippen LogP contribution in [0.15, 0.2) is 63.2 Å². The molecule has 1 aromatic heterocycles. The number of nitrogens with one attached hydrogen (secondary N) is 1. The predicted octanol–water partition coefficient (Wildman–Crippen LogP) is 4.40. The van der Waals surface area contributed by atoms with Crippen molar-refractivity contribution < 1.29 is 18.4 Å². The second kappa shape index (κ2) is 9.24. The molecular formula is C26H25ClFN3O3. The molecule has 2 fully saturated rings. The zero-order valence-corrected chi connectivity index (χ0v) is 19.6. The minimum atomic E-state index is -0.478. The summed E-state index contributed by atoms with van der Waals surface area (Å²) < 4.78 is 20.6. The van der Waals surface area contributed by atoms with Crippen LogP contribution in [0.4, 0.5) is 4.39 Å². The van der Waals surface area contributed by atoms with Crippen LogP contribution in [0.5, 0.6) is 0 Å². The molecule has 0 radical (unpaired) electrons. The third-order valence-corrected chi connectivity index (χ3v) is 6.80. The van der Waals surface area contributed by atoms with Gasteiger partial charge in [-0.1, -0.05) is 11.6 Å². The molecule has 0 bridgehead atoms. The Hall–Kier alpha value is -3.16. The Morgan fingerprint density at radius 1 is 1.18 bits per heavy atom. The summed E-state index contributed by atoms with van der Waals surface area (Å²) in [6.07, 6.45) is 6.70. The molecule has 3 heterocycles. The Balaban J connectivity index is 1.39. The van der Waals surface area contributed by atoms with E-state index in [0.29, 0.717) is 47.2 Å². The minimum absolute atomic E-state index is 0.116. The van der Waals surface area contributed by atoms with Crippen molar-refractivity contribution in [3.63, 3.8) is 0 Å². The Labute approximate surface area is 202 Å². The van der Waals surface area contributed by atoms with Gasteiger partial charge in [-0.05, 0) is 75.0 Å². The van der Waals surface area contributed by atoms with Crippen molar-refractivity contribution in [1.82, 2.24) is 15.1 Å². The van der Waals surface area contributed by atoms with Gasteiger partial charge in [0.15, 0.2) is 0 Å². The summed E-state index contributed by atoms with van der Waals surface area (Å²) in [5.74, 6) is -0.216. The van der Waals surface area contributed by atoms with Crippen molar-refractivity contribution in [3.05, 3.63) is 75.9 Å². The predicted molar refractivity (Wildman–Crippen MR) is 128 cm³/mol. The number of halogens is 2. The highest BCUT2D eigenvalue weighted by Crippen LogP contribution is 2.37. The van der Waals surface area contributed by atoms with Crippen molar-refractivity contribution in [1.29, 1.82) is 0 Å². The highest BCUT2D eigenvalue weighted by atomic mass is 35.5. The number of amides is 2. The third kappa shape index (κ3) is 4.45. The smallest absolute Gasteiger partial charge is 0.253 e. The lowest BCUT2D eigenvalue weighted by molar-refractivity contribution is -0.115. The highest BCUT2D eigenvalue weighted by molar-refractivity contribution is 6.30. The van der Waals surface area contributed by atoms with E-state index in [1.54, 1.807) is 24.3 Å². The molecule has 34 heavy (non-hydrogen) atoms. The van der Waals surface area contributed by atoms with Gasteiger partial charge in [0.25, 0.3) is 11.8 Å². The lowest BCUT2D eigenvalue weighted by atomic mass is 9.92. The van der Waals surface area contributed by atoms with Gasteiger partial charge < -0.3 is 19.5 Å². The fourth-order valence-corrected chi connectivity index (χ4v) is 4.83. The first-order valence-electron chi connectivity index (χ1n) is 11.4. The molecule has 1 atom stereocenters. The van der Waals surface area contributed by atoms with Gasteiger partial charge in [0, 0.05) is 47.4 Å². The summed E-state index contributed by atoms with van der Waals surface area (Å²) in [6, 6.07) is 7.69. The molecule has 0 saturated carbocycles. The molecule has 2 saturated heterocycles. The quantitative estimate of drug-likeness (QED) is 0.660. The number of nitrogens with zero attached hydrogens (tertiary/aromatic N) is 2. The van der Waals surface area contributed by atoms with Gasteiger partial charge in [0.1, 0.15) is 17.3 Å². The largest absolute Gasteiger partial charge is 0.457 e. The van der Waals surface area contributed by atoms with Crippen molar-refractivity contribution >= 4 is 29.5 Å². The lowest BCUT2D eigenvalue weighted by Crippen LogP contribution is -2.34. The van der Waals surface area contributed by atoms with Gasteiger partial charge >= 0.3 is 0 Å². The molecule has 1 aliphatic carbocycles. The van der Waals surface area contributed by atoms with Gasteiger partial charge in [-0.25, -0.2) is 4.39 Å². The van der Waals surface area contributed by atoms with Gasteiger partial charge in [-0.3, -0.25) is 9.59 Å². The first-order valence-corrected chi connectivity index (χ1v) is 11.7. The molecule has 1 N–H and O–H groups in total. The molecule has 1 aromatic carbocycles. The lowest BCUT2D eigenvalue weighted by Gasteiger charge is -2.21. The van der Waals surface area contributed by atoms with Gasteiger partial charge in [-0.15, -0.1) is 0 Å². The molecule has 3 aliphatic rings. The second-order valence-electron chi connectivity index (χ2n) is 8.89. The summed E-state index contributed by atoms with van der Waals surface area (Å²) in [4.78, 5) is 29.5. The van der Waals surface area contributed by atoms with E-state index in [-0.39, 0.29) is 23.3 Å². The molecule has 5 rings (SSSR count). The van der Waals surface area contributed by atoms with Crippen LogP contribution >= 0.6 is 11.6 Å². The first kappa shape index (κ1) is 22.6. The zero-order valence-electron chi connectivity index (χ0n) is 18.8. The number of fused-ring (bicyclic) bond motifs is 1. The van der Waals surface area contributed by atoms with Crippen molar-refractivity contribution in [2.45, 2.75) is 12.8 Å². The molecule has 2 aromatic rings. The first-order chi connectivity index (χ1) is 16.4. The number of hydrogen-bond acceptors (Lipinski definition) is 4. The Kier molecular flexibility index (Phi) is 6.15. The molecule has 1 unspecified atom stereocenters. The molecule has 176 valence electrons. The number of likely N-dealkylation sites (N-methyl/N-ethyl adjacent to an activating group) is 1. The summed E-state index contributed by atoms with van der Waals surface area (Å²) in [5, 5.41) is 3.53. The number of rotatable bonds is 3. The maximum atomic E-state index is 14.7. The van der Waals surface area contributed by atoms with E-state index >= 15 is 0 Å². The number of carbonyl (C=O) groups is 2. The monoisotopic (exact) mass is 481 g/mol.